The van der Waals surface area contributed by atoms with E-state index in [2.05, 4.69) is 5.32 Å². The van der Waals surface area contributed by atoms with Crippen LogP contribution in [-0.4, -0.2) is 36.7 Å². The first-order chi connectivity index (χ1) is 5.22. The maximum absolute atomic E-state index is 10.8. The van der Waals surface area contributed by atoms with Crippen molar-refractivity contribution in [3.63, 3.8) is 0 Å². The van der Waals surface area contributed by atoms with E-state index in [1.54, 1.807) is 13.3 Å². The summed E-state index contributed by atoms with van der Waals surface area (Å²) in [5.74, 6) is 1.08. The molecule has 0 aliphatic heterocycles. The summed E-state index contributed by atoms with van der Waals surface area (Å²) in [4.78, 5) is 20.6. The molecule has 3 nitrogen and oxygen atoms in total. The Morgan fingerprint density at radius 2 is 2.25 bits per heavy atom. The number of hydrogen-bond acceptors (Lipinski definition) is 4. The Balaban J connectivity index is 0. The van der Waals surface area contributed by atoms with E-state index in [9.17, 15) is 9.59 Å². The molecule has 67 valence electrons. The average Bonchev–Trinajstić information content (AvgIpc) is 1.97. The molecule has 0 saturated carbocycles. The molecular weight excluding hydrogens is 251 g/mol. The second-order valence-electron chi connectivity index (χ2n) is 2.11. The van der Waals surface area contributed by atoms with Crippen LogP contribution in [0.25, 0.3) is 0 Å². The number of thioether (sulfide) groups is 1. The summed E-state index contributed by atoms with van der Waals surface area (Å²) in [7, 11) is 1.73. The summed E-state index contributed by atoms with van der Waals surface area (Å²) < 4.78 is 0. The van der Waals surface area contributed by atoms with Crippen molar-refractivity contribution in [2.45, 2.75) is 13.0 Å². The van der Waals surface area contributed by atoms with E-state index in [1.165, 1.54) is 18.7 Å². The minimum Gasteiger partial charge on any atom is -0.541 e. The molecule has 12 heavy (non-hydrogen) atoms. The van der Waals surface area contributed by atoms with Gasteiger partial charge < -0.3 is 10.1 Å². The average molecular weight is 263 g/mol. The molecule has 1 radical (unpaired) electrons. The van der Waals surface area contributed by atoms with Gasteiger partial charge in [0.05, 0.1) is 6.04 Å². The zero-order valence-corrected chi connectivity index (χ0v) is 10.9. The molecule has 5 heteroatoms. The number of likely N-dealkylation sites (N-methyl/N-ethyl adjacent to an activating group) is 1. The van der Waals surface area contributed by atoms with Crippen LogP contribution in [-0.2, 0) is 42.3 Å². The van der Waals surface area contributed by atoms with Crippen molar-refractivity contribution in [2.24, 2.45) is 0 Å². The van der Waals surface area contributed by atoms with Crippen molar-refractivity contribution in [3.05, 3.63) is 0 Å². The van der Waals surface area contributed by atoms with Gasteiger partial charge in [-0.05, 0) is 14.0 Å². The Labute approximate surface area is 102 Å². The third-order valence-electron chi connectivity index (χ3n) is 1.28. The Morgan fingerprint density at radius 3 is 2.58 bits per heavy atom. The molecule has 0 amide bonds. The topological polar surface area (TPSA) is 46.2 Å². The molecule has 0 aliphatic carbocycles. The molecule has 0 bridgehead atoms. The first-order valence-corrected chi connectivity index (χ1v) is 4.48. The van der Waals surface area contributed by atoms with Crippen LogP contribution >= 0.6 is 11.8 Å². The fraction of sp³-hybridized carbons (Fsp3) is 0.714. The molecule has 0 fully saturated rings. The molecule has 0 aliphatic rings. The Morgan fingerprint density at radius 1 is 1.67 bits per heavy atom. The van der Waals surface area contributed by atoms with E-state index in [4.69, 9.17) is 0 Å². The van der Waals surface area contributed by atoms with Gasteiger partial charge >= 0.3 is 0 Å². The number of Topliss-reactive ketones (excluding diaryl/α,β-unsaturated/α-hetero) is 1. The van der Waals surface area contributed by atoms with Gasteiger partial charge in [-0.3, -0.25) is 11.1 Å². The number of rotatable bonds is 6. The first-order valence-electron chi connectivity index (χ1n) is 3.32. The third kappa shape index (κ3) is 7.41. The number of hydrogen-bond donors (Lipinski definition) is 1. The molecule has 0 spiro atoms. The van der Waals surface area contributed by atoms with Crippen molar-refractivity contribution < 1.29 is 42.3 Å². The van der Waals surface area contributed by atoms with Gasteiger partial charge in [0.2, 0.25) is 0 Å². The summed E-state index contributed by atoms with van der Waals surface area (Å²) in [6.45, 7) is 1.53. The summed E-state index contributed by atoms with van der Waals surface area (Å²) in [5.41, 5.74) is 0. The Bertz CT molecular complexity index is 143. The molecule has 0 rings (SSSR count). The first kappa shape index (κ1) is 15.2. The van der Waals surface area contributed by atoms with E-state index in [0.29, 0.717) is 11.5 Å². The summed E-state index contributed by atoms with van der Waals surface area (Å²) >= 11 is 1.41. The van der Waals surface area contributed by atoms with Crippen LogP contribution in [0.2, 0.25) is 0 Å². The quantitative estimate of drug-likeness (QED) is 0.541. The molecule has 0 aromatic heterocycles. The summed E-state index contributed by atoms with van der Waals surface area (Å²) in [6.07, 6.45) is 1.76. The summed E-state index contributed by atoms with van der Waals surface area (Å²) in [5, 5.41) is 2.86. The Hall–Kier alpha value is 0.754. The predicted octanol–water partition coefficient (Wildman–Crippen LogP) is 0.00380. The molecule has 1 atom stereocenters. The van der Waals surface area contributed by atoms with E-state index in [0.717, 1.165) is 0 Å². The standard InChI is InChI=1S/C7H12NO2S.Y/c1-6(10)7(8-2)5-11-4-3-9;/h7-8H,4-5H2,1-2H3;/q-1;. The predicted molar refractivity (Wildman–Crippen MR) is 46.5 cm³/mol. The van der Waals surface area contributed by atoms with E-state index >= 15 is 0 Å². The molecule has 0 heterocycles. The van der Waals surface area contributed by atoms with Crippen LogP contribution in [0.1, 0.15) is 6.92 Å². The third-order valence-corrected chi connectivity index (χ3v) is 2.18. The van der Waals surface area contributed by atoms with Gasteiger partial charge in [-0.1, -0.05) is 0 Å². The van der Waals surface area contributed by atoms with E-state index in [1.807, 2.05) is 0 Å². The van der Waals surface area contributed by atoms with Gasteiger partial charge in [0.25, 0.3) is 0 Å². The molecule has 1 N–H and O–H groups in total. The van der Waals surface area contributed by atoms with Crippen LogP contribution in [0.15, 0.2) is 0 Å². The zero-order valence-electron chi connectivity index (χ0n) is 7.29. The van der Waals surface area contributed by atoms with Gasteiger partial charge in [-0.2, -0.15) is 11.8 Å². The second kappa shape index (κ2) is 9.84. The van der Waals surface area contributed by atoms with Crippen molar-refractivity contribution in [1.29, 1.82) is 0 Å². The number of ketones is 1. The van der Waals surface area contributed by atoms with Crippen LogP contribution in [0, 0.1) is 0 Å². The van der Waals surface area contributed by atoms with Crippen molar-refractivity contribution in [3.8, 4) is 0 Å². The van der Waals surface area contributed by atoms with E-state index in [-0.39, 0.29) is 44.5 Å². The molecular formula is C7H12NO2SY-. The van der Waals surface area contributed by atoms with Gasteiger partial charge in [0.15, 0.2) is 0 Å². The smallest absolute Gasteiger partial charge is 0.147 e. The molecule has 1 unspecified atom stereocenters. The van der Waals surface area contributed by atoms with Gasteiger partial charge in [-0.25, -0.2) is 0 Å². The van der Waals surface area contributed by atoms with Gasteiger partial charge in [0, 0.05) is 38.5 Å². The molecule has 0 saturated heterocycles. The van der Waals surface area contributed by atoms with Crippen molar-refractivity contribution in [1.82, 2.24) is 5.32 Å². The summed E-state index contributed by atoms with van der Waals surface area (Å²) in [6, 6.07) is -0.131. The normalized spacial score (nSPS) is 11.5. The minimum atomic E-state index is -0.131. The Kier molecular flexibility index (Phi) is 12.5. The maximum atomic E-state index is 10.8. The van der Waals surface area contributed by atoms with Crippen LogP contribution in [0.4, 0.5) is 0 Å². The monoisotopic (exact) mass is 263 g/mol. The fourth-order valence-corrected chi connectivity index (χ4v) is 1.46. The van der Waals surface area contributed by atoms with Crippen LogP contribution < -0.4 is 5.32 Å². The number of carbonyl (C=O) groups is 1. The minimum absolute atomic E-state index is 0. The SMILES string of the molecule is CNC(CSC[C-]=O)C(C)=O.[Y]. The van der Waals surface area contributed by atoms with Crippen LogP contribution in [0.3, 0.4) is 0 Å². The fourth-order valence-electron chi connectivity index (χ4n) is 0.622. The zero-order chi connectivity index (χ0) is 8.69. The van der Waals surface area contributed by atoms with Gasteiger partial charge in [-0.15, -0.1) is 5.75 Å². The number of nitrogens with one attached hydrogen (secondary N) is 1. The maximum Gasteiger partial charge on any atom is 0.147 e. The van der Waals surface area contributed by atoms with Crippen molar-refractivity contribution in [2.75, 3.05) is 18.6 Å². The molecule has 0 aromatic rings. The second-order valence-corrected chi connectivity index (χ2v) is 3.14. The molecule has 0 aromatic carbocycles. The van der Waals surface area contributed by atoms with Crippen LogP contribution in [0.5, 0.6) is 0 Å². The number of carbonyl (C=O) groups excluding carboxylic acids is 2. The van der Waals surface area contributed by atoms with Crippen molar-refractivity contribution >= 4 is 23.8 Å². The van der Waals surface area contributed by atoms with E-state index < -0.39 is 0 Å². The largest absolute Gasteiger partial charge is 0.541 e. The van der Waals surface area contributed by atoms with Gasteiger partial charge in [0.1, 0.15) is 5.78 Å².